The van der Waals surface area contributed by atoms with Gasteiger partial charge in [-0.25, -0.2) is 27.2 Å². The molecule has 1 rings (SSSR count). The minimum Gasteiger partial charge on any atom is -0.434 e. The zero-order valence-corrected chi connectivity index (χ0v) is 10.2. The minimum absolute atomic E-state index is 0.213. The summed E-state index contributed by atoms with van der Waals surface area (Å²) in [6.45, 7) is 1.14. The van der Waals surface area contributed by atoms with Crippen molar-refractivity contribution in [1.29, 1.82) is 0 Å². The van der Waals surface area contributed by atoms with Gasteiger partial charge in [-0.1, -0.05) is 5.11 Å². The number of rotatable bonds is 3. The Balaban J connectivity index is 3.35. The maximum Gasteiger partial charge on any atom is 0.516 e. The fourth-order valence-corrected chi connectivity index (χ4v) is 1.21. The van der Waals surface area contributed by atoms with E-state index in [9.17, 15) is 27.2 Å². The maximum atomic E-state index is 13.5. The first-order valence-corrected chi connectivity index (χ1v) is 5.15. The second kappa shape index (κ2) is 6.57. The van der Waals surface area contributed by atoms with Crippen molar-refractivity contribution in [3.63, 3.8) is 0 Å². The Morgan fingerprint density at radius 1 is 1.14 bits per heavy atom. The van der Waals surface area contributed by atoms with Gasteiger partial charge in [0.1, 0.15) is 11.3 Å². The van der Waals surface area contributed by atoms with Gasteiger partial charge in [-0.2, -0.15) is 0 Å². The molecule has 0 unspecified atom stereocenters. The third-order valence-electron chi connectivity index (χ3n) is 2.03. The molecule has 0 atom stereocenters. The summed E-state index contributed by atoms with van der Waals surface area (Å²) >= 11 is 0. The molecule has 0 radical (unpaired) electrons. The Hall–Kier alpha value is -2.81. The molecule has 1 aromatic rings. The Morgan fingerprint density at radius 3 is 2.10 bits per heavy atom. The van der Waals surface area contributed by atoms with Crippen LogP contribution in [0.25, 0.3) is 10.4 Å². The first-order valence-electron chi connectivity index (χ1n) is 5.15. The number of benzene rings is 1. The van der Waals surface area contributed by atoms with E-state index in [-0.39, 0.29) is 6.61 Å². The molecule has 0 saturated heterocycles. The number of hydrogen-bond donors (Lipinski definition) is 0. The van der Waals surface area contributed by atoms with Gasteiger partial charge in [0.2, 0.25) is 0 Å². The molecule has 0 spiro atoms. The number of azide groups is 1. The third-order valence-corrected chi connectivity index (χ3v) is 2.03. The van der Waals surface area contributed by atoms with E-state index in [4.69, 9.17) is 5.53 Å². The lowest BCUT2D eigenvalue weighted by molar-refractivity contribution is 0.0391. The van der Waals surface area contributed by atoms with Crippen LogP contribution in [0, 0.1) is 23.3 Å². The van der Waals surface area contributed by atoms with Crippen molar-refractivity contribution < 1.29 is 36.6 Å². The van der Waals surface area contributed by atoms with E-state index < -0.39 is 46.6 Å². The molecule has 0 bridgehead atoms. The number of carbonyl (C=O) groups excluding carboxylic acids is 2. The van der Waals surface area contributed by atoms with E-state index in [1.807, 2.05) is 4.91 Å². The summed E-state index contributed by atoms with van der Waals surface area (Å²) in [6.07, 6.45) is -1.61. The zero-order chi connectivity index (χ0) is 16.2. The van der Waals surface area contributed by atoms with E-state index >= 15 is 0 Å². The van der Waals surface area contributed by atoms with Gasteiger partial charge in [0.15, 0.2) is 23.3 Å². The average molecular weight is 307 g/mol. The van der Waals surface area contributed by atoms with Gasteiger partial charge in [0.25, 0.3) is 0 Å². The van der Waals surface area contributed by atoms with Crippen LogP contribution < -0.4 is 0 Å². The van der Waals surface area contributed by atoms with Gasteiger partial charge in [-0.05, 0) is 12.5 Å². The highest BCUT2D eigenvalue weighted by Crippen LogP contribution is 2.30. The lowest BCUT2D eigenvalue weighted by atomic mass is 10.1. The van der Waals surface area contributed by atoms with Crippen LogP contribution in [-0.2, 0) is 9.47 Å². The van der Waals surface area contributed by atoms with Crippen LogP contribution >= 0.6 is 0 Å². The SMILES string of the molecule is CCOC(=O)OC(=O)c1c(F)c(F)c(N=[N+]=[N-])c(F)c1F. The molecule has 0 fully saturated rings. The normalized spacial score (nSPS) is 9.76. The van der Waals surface area contributed by atoms with Crippen LogP contribution in [0.1, 0.15) is 17.3 Å². The molecule has 0 heterocycles. The van der Waals surface area contributed by atoms with E-state index in [2.05, 4.69) is 14.6 Å². The summed E-state index contributed by atoms with van der Waals surface area (Å²) < 4.78 is 61.7. The van der Waals surface area contributed by atoms with Gasteiger partial charge in [-0.3, -0.25) is 0 Å². The molecule has 21 heavy (non-hydrogen) atoms. The Labute approximate surface area is 113 Å². The molecule has 0 aromatic heterocycles. The van der Waals surface area contributed by atoms with Gasteiger partial charge in [0, 0.05) is 4.91 Å². The number of ether oxygens (including phenoxy) is 2. The number of hydrogen-bond acceptors (Lipinski definition) is 5. The van der Waals surface area contributed by atoms with Crippen LogP contribution in [0.2, 0.25) is 0 Å². The molecule has 7 nitrogen and oxygen atoms in total. The molecule has 0 amide bonds. The van der Waals surface area contributed by atoms with Gasteiger partial charge in [0.05, 0.1) is 6.61 Å². The summed E-state index contributed by atoms with van der Waals surface area (Å²) in [4.78, 5) is 24.1. The molecule has 0 aliphatic carbocycles. The van der Waals surface area contributed by atoms with Crippen molar-refractivity contribution in [1.82, 2.24) is 0 Å². The van der Waals surface area contributed by atoms with Crippen LogP contribution in [0.4, 0.5) is 28.0 Å². The summed E-state index contributed by atoms with van der Waals surface area (Å²) in [5, 5.41) is 2.43. The monoisotopic (exact) mass is 307 g/mol. The lowest BCUT2D eigenvalue weighted by Gasteiger charge is -2.08. The van der Waals surface area contributed by atoms with E-state index in [0.29, 0.717) is 0 Å². The molecule has 0 aliphatic heterocycles. The largest absolute Gasteiger partial charge is 0.516 e. The summed E-state index contributed by atoms with van der Waals surface area (Å²) in [5.74, 6) is -10.6. The third kappa shape index (κ3) is 3.20. The second-order valence-corrected chi connectivity index (χ2v) is 3.24. The number of halogens is 4. The van der Waals surface area contributed by atoms with Crippen LogP contribution in [0.3, 0.4) is 0 Å². The van der Waals surface area contributed by atoms with Crippen molar-refractivity contribution in [2.24, 2.45) is 5.11 Å². The Morgan fingerprint density at radius 2 is 1.67 bits per heavy atom. The molecular formula is C10H5F4N3O4. The predicted octanol–water partition coefficient (Wildman–Crippen LogP) is 3.50. The molecule has 11 heteroatoms. The highest BCUT2D eigenvalue weighted by molar-refractivity contribution is 5.96. The minimum atomic E-state index is -2.18. The van der Waals surface area contributed by atoms with Crippen molar-refractivity contribution in [2.75, 3.05) is 6.61 Å². The van der Waals surface area contributed by atoms with Crippen LogP contribution in [-0.4, -0.2) is 18.7 Å². The number of carbonyl (C=O) groups is 2. The first-order chi connectivity index (χ1) is 9.84. The Bertz CT molecular complexity index is 629. The maximum absolute atomic E-state index is 13.5. The second-order valence-electron chi connectivity index (χ2n) is 3.24. The fourth-order valence-electron chi connectivity index (χ4n) is 1.21. The number of nitrogens with zero attached hydrogens (tertiary/aromatic N) is 3. The van der Waals surface area contributed by atoms with Crippen molar-refractivity contribution >= 4 is 17.8 Å². The molecule has 0 saturated carbocycles. The average Bonchev–Trinajstić information content (AvgIpc) is 2.42. The highest BCUT2D eigenvalue weighted by atomic mass is 19.2. The van der Waals surface area contributed by atoms with Gasteiger partial charge in [-0.15, -0.1) is 0 Å². The topological polar surface area (TPSA) is 101 Å². The standard InChI is InChI=1S/C10H5F4N3O4/c1-2-20-10(19)21-9(18)3-4(11)6(13)8(16-17-15)7(14)5(3)12/h2H2,1H3. The quantitative estimate of drug-likeness (QED) is 0.162. The zero-order valence-electron chi connectivity index (χ0n) is 10.2. The summed E-state index contributed by atoms with van der Waals surface area (Å²) in [6, 6.07) is 0. The van der Waals surface area contributed by atoms with Crippen molar-refractivity contribution in [3.8, 4) is 0 Å². The molecule has 1 aromatic carbocycles. The first kappa shape index (κ1) is 16.2. The van der Waals surface area contributed by atoms with Crippen LogP contribution in [0.15, 0.2) is 5.11 Å². The number of esters is 1. The van der Waals surface area contributed by atoms with Crippen molar-refractivity contribution in [3.05, 3.63) is 39.3 Å². The molecule has 0 aliphatic rings. The van der Waals surface area contributed by atoms with E-state index in [0.717, 1.165) is 0 Å². The summed E-state index contributed by atoms with van der Waals surface area (Å²) in [5.41, 5.74) is 4.64. The van der Waals surface area contributed by atoms with Crippen LogP contribution in [0.5, 0.6) is 0 Å². The van der Waals surface area contributed by atoms with Gasteiger partial charge >= 0.3 is 12.1 Å². The smallest absolute Gasteiger partial charge is 0.434 e. The fraction of sp³-hybridized carbons (Fsp3) is 0.200. The van der Waals surface area contributed by atoms with Gasteiger partial charge < -0.3 is 9.47 Å². The molecule has 0 N–H and O–H groups in total. The van der Waals surface area contributed by atoms with Crippen molar-refractivity contribution in [2.45, 2.75) is 6.92 Å². The summed E-state index contributed by atoms with van der Waals surface area (Å²) in [7, 11) is 0. The molecule has 112 valence electrons. The molecular weight excluding hydrogens is 302 g/mol. The van der Waals surface area contributed by atoms with E-state index in [1.165, 1.54) is 6.92 Å². The highest BCUT2D eigenvalue weighted by Gasteiger charge is 2.31. The predicted molar refractivity (Wildman–Crippen MR) is 57.5 cm³/mol. The van der Waals surface area contributed by atoms with E-state index in [1.54, 1.807) is 0 Å². The lowest BCUT2D eigenvalue weighted by Crippen LogP contribution is -2.18. The Kier molecular flexibility index (Phi) is 5.08.